The molecule has 0 N–H and O–H groups in total. The van der Waals surface area contributed by atoms with Crippen LogP contribution in [0.1, 0.15) is 9.60 Å². The van der Waals surface area contributed by atoms with Crippen molar-refractivity contribution < 1.29 is 18.4 Å². The van der Waals surface area contributed by atoms with Crippen LogP contribution in [0.5, 0.6) is 0 Å². The smallest absolute Gasteiger partial charge is 0.164 e. The van der Waals surface area contributed by atoms with Crippen LogP contribution in [0.25, 0.3) is 89.2 Å². The number of rotatable bonds is 4. The molecule has 206 valence electrons. The second kappa shape index (κ2) is 9.75. The van der Waals surface area contributed by atoms with Gasteiger partial charge in [0.2, 0.25) is 0 Å². The molecule has 9 aromatic rings. The highest BCUT2D eigenvalue weighted by atomic mass is 16.3. The number of fused-ring (bicyclic) bond motifs is 6. The Hall–Kier alpha value is -6.07. The van der Waals surface area contributed by atoms with E-state index in [1.807, 2.05) is 97.1 Å². The lowest BCUT2D eigenvalue weighted by Gasteiger charge is -2.10. The highest BCUT2D eigenvalue weighted by Crippen LogP contribution is 2.37. The van der Waals surface area contributed by atoms with Crippen LogP contribution in [-0.4, -0.2) is 15.0 Å². The highest BCUT2D eigenvalue weighted by molar-refractivity contribution is 6.12. The maximum absolute atomic E-state index is 9.10. The van der Waals surface area contributed by atoms with Gasteiger partial charge in [0.1, 0.15) is 22.3 Å². The van der Waals surface area contributed by atoms with Gasteiger partial charge in [-0.1, -0.05) is 103 Å². The lowest BCUT2D eigenvalue weighted by atomic mass is 10.0. The maximum Gasteiger partial charge on any atom is 0.164 e. The monoisotopic (exact) mass is 572 g/mol. The third-order valence-electron chi connectivity index (χ3n) is 7.67. The fourth-order valence-corrected chi connectivity index (χ4v) is 5.61. The largest absolute Gasteiger partial charge is 0.456 e. The summed E-state index contributed by atoms with van der Waals surface area (Å²) in [4.78, 5) is 14.6. The molecule has 44 heavy (non-hydrogen) atoms. The zero-order valence-electron chi connectivity index (χ0n) is 29.9. The fraction of sp³-hybridized carbons (Fsp3) is 0. The molecule has 5 nitrogen and oxygen atoms in total. The summed E-state index contributed by atoms with van der Waals surface area (Å²) in [6.45, 7) is 0. The van der Waals surface area contributed by atoms with Crippen molar-refractivity contribution in [3.8, 4) is 45.3 Å². The first-order chi connectivity index (χ1) is 24.7. The molecule has 3 heterocycles. The molecule has 0 amide bonds. The molecular formula is C39H23N3O2. The molecule has 0 spiro atoms. The minimum Gasteiger partial charge on any atom is -0.456 e. The molecule has 0 saturated carbocycles. The first-order valence-corrected chi connectivity index (χ1v) is 14.0. The second-order valence-corrected chi connectivity index (χ2v) is 10.3. The van der Waals surface area contributed by atoms with Crippen molar-refractivity contribution in [1.29, 1.82) is 0 Å². The van der Waals surface area contributed by atoms with Crippen LogP contribution in [0, 0.1) is 0 Å². The molecule has 3 aromatic heterocycles. The summed E-state index contributed by atoms with van der Waals surface area (Å²) in [6.07, 6.45) is 0. The zero-order valence-corrected chi connectivity index (χ0v) is 22.9. The van der Waals surface area contributed by atoms with Gasteiger partial charge in [-0.2, -0.15) is 0 Å². The van der Waals surface area contributed by atoms with Gasteiger partial charge in [0.25, 0.3) is 0 Å². The molecule has 0 saturated heterocycles. The second-order valence-electron chi connectivity index (χ2n) is 10.3. The average molecular weight is 573 g/mol. The SMILES string of the molecule is [2H]c1c([2H])c([2H])c2c(oc3c([2H])c([2H])c([2H])c(-c4nc(-c5cccc(-c6ccccc6)c5)nc(-c5ccc6c(c5)oc5ccccc56)n4)c32)c1[2H]. The molecule has 0 atom stereocenters. The Kier molecular flexibility index (Phi) is 4.09. The Morgan fingerprint density at radius 2 is 1.11 bits per heavy atom. The number of nitrogens with zero attached hydrogens (tertiary/aromatic N) is 3. The van der Waals surface area contributed by atoms with Crippen LogP contribution < -0.4 is 0 Å². The average Bonchev–Trinajstić information content (AvgIpc) is 3.75. The maximum atomic E-state index is 9.10. The van der Waals surface area contributed by atoms with E-state index in [4.69, 9.17) is 33.4 Å². The fourth-order valence-electron chi connectivity index (χ4n) is 5.61. The van der Waals surface area contributed by atoms with E-state index in [0.29, 0.717) is 16.7 Å². The van der Waals surface area contributed by atoms with E-state index in [1.54, 1.807) is 0 Å². The third-order valence-corrected chi connectivity index (χ3v) is 7.67. The molecular weight excluding hydrogens is 542 g/mol. The molecule has 9 rings (SSSR count). The van der Waals surface area contributed by atoms with Crippen LogP contribution in [-0.2, 0) is 0 Å². The standard InChI is InChI=1S/C39H23N3O2/c1-2-10-24(11-3-1)25-12-8-13-26(22-25)37-40-38(27-20-21-29-28-14-4-6-17-32(28)44-35(29)23-27)42-39(41-37)31-16-9-19-34-36(31)30-15-5-7-18-33(30)43-34/h1-23H/i5D,7D,9D,15D,16D,18D,19D. The van der Waals surface area contributed by atoms with Gasteiger partial charge in [0.15, 0.2) is 17.5 Å². The summed E-state index contributed by atoms with van der Waals surface area (Å²) < 4.78 is 72.4. The minimum atomic E-state index is -0.499. The van der Waals surface area contributed by atoms with E-state index in [2.05, 4.69) is 0 Å². The van der Waals surface area contributed by atoms with Gasteiger partial charge >= 0.3 is 0 Å². The molecule has 5 heteroatoms. The van der Waals surface area contributed by atoms with E-state index >= 15 is 0 Å². The number of hydrogen-bond donors (Lipinski definition) is 0. The summed E-state index contributed by atoms with van der Waals surface area (Å²) in [6, 6.07) is 27.8. The molecule has 0 aliphatic rings. The van der Waals surface area contributed by atoms with Gasteiger partial charge in [0.05, 0.1) is 9.60 Å². The Labute approximate surface area is 261 Å². The van der Waals surface area contributed by atoms with Crippen molar-refractivity contribution >= 4 is 43.9 Å². The minimum absolute atomic E-state index is 0.0105. The van der Waals surface area contributed by atoms with E-state index < -0.39 is 42.3 Å². The molecule has 0 bridgehead atoms. The third kappa shape index (κ3) is 3.98. The van der Waals surface area contributed by atoms with Crippen molar-refractivity contribution in [2.24, 2.45) is 0 Å². The predicted molar refractivity (Wildman–Crippen MR) is 176 cm³/mol. The van der Waals surface area contributed by atoms with E-state index in [-0.39, 0.29) is 45.0 Å². The van der Waals surface area contributed by atoms with Gasteiger partial charge in [-0.25, -0.2) is 15.0 Å². The van der Waals surface area contributed by atoms with Gasteiger partial charge in [-0.15, -0.1) is 0 Å². The molecule has 0 unspecified atom stereocenters. The van der Waals surface area contributed by atoms with Crippen LogP contribution in [0.15, 0.2) is 148 Å². The summed E-state index contributed by atoms with van der Waals surface area (Å²) in [5.74, 6) is 0.482. The number of para-hydroxylation sites is 2. The lowest BCUT2D eigenvalue weighted by molar-refractivity contribution is 0.668. The van der Waals surface area contributed by atoms with Crippen molar-refractivity contribution in [2.45, 2.75) is 0 Å². The quantitative estimate of drug-likeness (QED) is 0.210. The number of furan rings is 2. The van der Waals surface area contributed by atoms with Crippen molar-refractivity contribution in [1.82, 2.24) is 15.0 Å². The predicted octanol–water partition coefficient (Wildman–Crippen LogP) is 10.3. The first-order valence-electron chi connectivity index (χ1n) is 17.5. The number of aromatic nitrogens is 3. The topological polar surface area (TPSA) is 65.0 Å². The van der Waals surface area contributed by atoms with Gasteiger partial charge in [-0.05, 0) is 47.5 Å². The van der Waals surface area contributed by atoms with Crippen molar-refractivity contribution in [3.05, 3.63) is 139 Å². The first kappa shape index (κ1) is 18.5. The zero-order chi connectivity index (χ0) is 35.1. The molecule has 6 aromatic carbocycles. The van der Waals surface area contributed by atoms with E-state index in [9.17, 15) is 0 Å². The Balaban J connectivity index is 1.36. The highest BCUT2D eigenvalue weighted by Gasteiger charge is 2.18. The summed E-state index contributed by atoms with van der Waals surface area (Å²) in [5.41, 5.74) is 4.15. The summed E-state index contributed by atoms with van der Waals surface area (Å²) in [5, 5.41) is 1.91. The lowest BCUT2D eigenvalue weighted by Crippen LogP contribution is -2.00. The van der Waals surface area contributed by atoms with E-state index in [0.717, 1.165) is 27.5 Å². The molecule has 0 fully saturated rings. The van der Waals surface area contributed by atoms with E-state index in [1.165, 1.54) is 0 Å². The van der Waals surface area contributed by atoms with Crippen molar-refractivity contribution in [3.63, 3.8) is 0 Å². The van der Waals surface area contributed by atoms with Crippen LogP contribution >= 0.6 is 0 Å². The Morgan fingerprint density at radius 1 is 0.432 bits per heavy atom. The Morgan fingerprint density at radius 3 is 2.02 bits per heavy atom. The van der Waals surface area contributed by atoms with Crippen LogP contribution in [0.3, 0.4) is 0 Å². The summed E-state index contributed by atoms with van der Waals surface area (Å²) in [7, 11) is 0. The van der Waals surface area contributed by atoms with Crippen LogP contribution in [0.4, 0.5) is 0 Å². The number of hydrogen-bond acceptors (Lipinski definition) is 5. The van der Waals surface area contributed by atoms with Gasteiger partial charge < -0.3 is 8.83 Å². The molecule has 0 aliphatic heterocycles. The molecule has 0 radical (unpaired) electrons. The number of benzene rings is 6. The van der Waals surface area contributed by atoms with Gasteiger partial charge in [0, 0.05) is 38.2 Å². The van der Waals surface area contributed by atoms with Gasteiger partial charge in [-0.3, -0.25) is 0 Å². The van der Waals surface area contributed by atoms with Crippen molar-refractivity contribution in [2.75, 3.05) is 0 Å². The summed E-state index contributed by atoms with van der Waals surface area (Å²) >= 11 is 0. The Bertz CT molecular complexity index is 2900. The molecule has 0 aliphatic carbocycles. The van der Waals surface area contributed by atoms with Crippen LogP contribution in [0.2, 0.25) is 0 Å². The normalized spacial score (nSPS) is 13.9.